The van der Waals surface area contributed by atoms with Crippen LogP contribution in [0.2, 0.25) is 0 Å². The van der Waals surface area contributed by atoms with E-state index in [1.54, 1.807) is 4.90 Å². The van der Waals surface area contributed by atoms with Crippen molar-refractivity contribution in [2.75, 3.05) is 13.1 Å². The fraction of sp³-hybridized carbons (Fsp3) is 0.556. The van der Waals surface area contributed by atoms with E-state index >= 15 is 0 Å². The monoisotopic (exact) mass is 394 g/mol. The molecule has 1 aliphatic heterocycles. The summed E-state index contributed by atoms with van der Waals surface area (Å²) in [6.07, 6.45) is 2.17. The van der Waals surface area contributed by atoms with Crippen molar-refractivity contribution in [3.63, 3.8) is 0 Å². The predicted molar refractivity (Wildman–Crippen MR) is 95.8 cm³/mol. The Bertz CT molecular complexity index is 686. The zero-order chi connectivity index (χ0) is 17.5. The molecule has 1 aliphatic carbocycles. The molecule has 0 radical (unpaired) electrons. The van der Waals surface area contributed by atoms with Crippen molar-refractivity contribution in [1.29, 1.82) is 0 Å². The molecule has 1 amide bonds. The summed E-state index contributed by atoms with van der Waals surface area (Å²) in [4.78, 5) is 14.0. The molecule has 1 aromatic rings. The van der Waals surface area contributed by atoms with Gasteiger partial charge in [-0.2, -0.15) is 0 Å². The Morgan fingerprint density at radius 3 is 2.58 bits per heavy atom. The maximum Gasteiger partial charge on any atom is 0.410 e. The zero-order valence-corrected chi connectivity index (χ0v) is 15.9. The molecule has 2 aliphatic rings. The van der Waals surface area contributed by atoms with Crippen molar-refractivity contribution < 1.29 is 14.7 Å². The summed E-state index contributed by atoms with van der Waals surface area (Å²) in [5, 5.41) is 12.9. The number of fused-ring (bicyclic) bond motifs is 2. The lowest BCUT2D eigenvalue weighted by atomic mass is 9.74. The van der Waals surface area contributed by atoms with Gasteiger partial charge in [-0.15, -0.1) is 0 Å². The molecular formula is C18H23BrN2O3. The van der Waals surface area contributed by atoms with Crippen molar-refractivity contribution >= 4 is 27.7 Å². The van der Waals surface area contributed by atoms with Gasteiger partial charge in [-0.1, -0.05) is 27.2 Å². The van der Waals surface area contributed by atoms with Gasteiger partial charge in [-0.3, -0.25) is 0 Å². The second-order valence-corrected chi connectivity index (χ2v) is 8.58. The average molecular weight is 395 g/mol. The number of halogens is 1. The Morgan fingerprint density at radius 1 is 1.33 bits per heavy atom. The molecule has 1 fully saturated rings. The van der Waals surface area contributed by atoms with Gasteiger partial charge in [0.25, 0.3) is 0 Å². The molecule has 24 heavy (non-hydrogen) atoms. The molecule has 0 unspecified atom stereocenters. The van der Waals surface area contributed by atoms with Gasteiger partial charge in [0, 0.05) is 35.0 Å². The lowest BCUT2D eigenvalue weighted by Gasteiger charge is -2.40. The summed E-state index contributed by atoms with van der Waals surface area (Å²) in [5.74, 6) is 0. The molecule has 0 saturated carbocycles. The molecule has 0 atom stereocenters. The van der Waals surface area contributed by atoms with Crippen LogP contribution < -0.4 is 0 Å². The minimum Gasteiger partial charge on any atom is -0.444 e. The number of hydrogen-bond acceptors (Lipinski definition) is 4. The van der Waals surface area contributed by atoms with Crippen LogP contribution in [0.1, 0.15) is 51.2 Å². The molecular weight excluding hydrogens is 372 g/mol. The molecule has 130 valence electrons. The average Bonchev–Trinajstić information content (AvgIpc) is 2.79. The number of nitrogens with zero attached hydrogens (tertiary/aromatic N) is 2. The van der Waals surface area contributed by atoms with Crippen molar-refractivity contribution in [3.05, 3.63) is 33.8 Å². The van der Waals surface area contributed by atoms with E-state index in [2.05, 4.69) is 27.2 Å². The summed E-state index contributed by atoms with van der Waals surface area (Å²) in [7, 11) is 0. The van der Waals surface area contributed by atoms with Crippen molar-refractivity contribution in [3.8, 4) is 0 Å². The third-order valence-corrected chi connectivity index (χ3v) is 5.36. The molecule has 3 rings (SSSR count). The second-order valence-electron chi connectivity index (χ2n) is 7.66. The summed E-state index contributed by atoms with van der Waals surface area (Å²) in [5.41, 5.74) is 2.45. The second kappa shape index (κ2) is 6.06. The van der Waals surface area contributed by atoms with Gasteiger partial charge < -0.3 is 14.8 Å². The van der Waals surface area contributed by atoms with Gasteiger partial charge in [-0.25, -0.2) is 4.79 Å². The number of carbonyl (C=O) groups excluding carboxylic acids is 1. The van der Waals surface area contributed by atoms with E-state index in [0.717, 1.165) is 35.0 Å². The number of piperidine rings is 1. The lowest BCUT2D eigenvalue weighted by molar-refractivity contribution is 0.0168. The first-order valence-corrected chi connectivity index (χ1v) is 9.03. The Balaban J connectivity index is 1.78. The number of likely N-dealkylation sites (tertiary alicyclic amines) is 1. The van der Waals surface area contributed by atoms with Gasteiger partial charge in [0.1, 0.15) is 5.60 Å². The van der Waals surface area contributed by atoms with Crippen molar-refractivity contribution in [1.82, 2.24) is 4.90 Å². The fourth-order valence-corrected chi connectivity index (χ4v) is 4.07. The summed E-state index contributed by atoms with van der Waals surface area (Å²) >= 11 is 3.48. The van der Waals surface area contributed by atoms with Crippen LogP contribution in [0.5, 0.6) is 0 Å². The third-order valence-electron chi connectivity index (χ3n) is 4.86. The fourth-order valence-electron chi connectivity index (χ4n) is 3.71. The first-order valence-electron chi connectivity index (χ1n) is 8.23. The van der Waals surface area contributed by atoms with Gasteiger partial charge in [0.15, 0.2) is 0 Å². The largest absolute Gasteiger partial charge is 0.444 e. The number of carbonyl (C=O) groups is 1. The number of rotatable bonds is 0. The summed E-state index contributed by atoms with van der Waals surface area (Å²) in [6, 6.07) is 6.15. The SMILES string of the molecule is CC(C)(C)OC(=O)N1CCC2(CC1)C/C(=N\O)c1cc(Br)ccc12. The van der Waals surface area contributed by atoms with Gasteiger partial charge >= 0.3 is 6.09 Å². The Morgan fingerprint density at radius 2 is 2.00 bits per heavy atom. The zero-order valence-electron chi connectivity index (χ0n) is 14.3. The van der Waals surface area contributed by atoms with Crippen LogP contribution in [0.15, 0.2) is 27.8 Å². The smallest absolute Gasteiger partial charge is 0.410 e. The summed E-state index contributed by atoms with van der Waals surface area (Å²) < 4.78 is 6.45. The minimum atomic E-state index is -0.477. The Kier molecular flexibility index (Phi) is 4.36. The molecule has 6 heteroatoms. The van der Waals surface area contributed by atoms with Crippen molar-refractivity contribution in [2.45, 2.75) is 51.0 Å². The first-order chi connectivity index (χ1) is 11.2. The normalized spacial score (nSPS) is 21.2. The molecule has 0 bridgehead atoms. The highest BCUT2D eigenvalue weighted by Crippen LogP contribution is 2.47. The lowest BCUT2D eigenvalue weighted by Crippen LogP contribution is -2.46. The van der Waals surface area contributed by atoms with Crippen LogP contribution in [-0.2, 0) is 10.2 Å². The molecule has 1 aromatic carbocycles. The number of hydrogen-bond donors (Lipinski definition) is 1. The molecule has 1 N–H and O–H groups in total. The van der Waals surface area contributed by atoms with Crippen LogP contribution in [0, 0.1) is 0 Å². The van der Waals surface area contributed by atoms with Gasteiger partial charge in [0.05, 0.1) is 5.71 Å². The Hall–Kier alpha value is -1.56. The van der Waals surface area contributed by atoms with Crippen LogP contribution in [0.4, 0.5) is 4.79 Å². The highest BCUT2D eigenvalue weighted by molar-refractivity contribution is 9.10. The number of oxime groups is 1. The van der Waals surface area contributed by atoms with Crippen LogP contribution in [0.25, 0.3) is 0 Å². The van der Waals surface area contributed by atoms with Gasteiger partial charge in [-0.05, 0) is 51.3 Å². The molecule has 0 aromatic heterocycles. The van der Waals surface area contributed by atoms with E-state index in [4.69, 9.17) is 4.74 Å². The maximum atomic E-state index is 12.3. The van der Waals surface area contributed by atoms with E-state index in [9.17, 15) is 10.0 Å². The maximum absolute atomic E-state index is 12.3. The predicted octanol–water partition coefficient (Wildman–Crippen LogP) is 4.30. The van der Waals surface area contributed by atoms with Gasteiger partial charge in [0.2, 0.25) is 0 Å². The summed E-state index contributed by atoms with van der Waals surface area (Å²) in [6.45, 7) is 6.95. The highest BCUT2D eigenvalue weighted by atomic mass is 79.9. The molecule has 5 nitrogen and oxygen atoms in total. The molecule has 1 saturated heterocycles. The van der Waals surface area contributed by atoms with E-state index < -0.39 is 5.60 Å². The number of ether oxygens (including phenoxy) is 1. The quantitative estimate of drug-likeness (QED) is 0.526. The molecule has 1 heterocycles. The van der Waals surface area contributed by atoms with E-state index in [1.807, 2.05) is 32.9 Å². The van der Waals surface area contributed by atoms with E-state index in [1.165, 1.54) is 5.56 Å². The van der Waals surface area contributed by atoms with Crippen LogP contribution in [0.3, 0.4) is 0 Å². The number of benzene rings is 1. The topological polar surface area (TPSA) is 62.1 Å². The first kappa shape index (κ1) is 17.3. The highest BCUT2D eigenvalue weighted by Gasteiger charge is 2.45. The van der Waals surface area contributed by atoms with E-state index in [-0.39, 0.29) is 11.5 Å². The number of amides is 1. The minimum absolute atomic E-state index is 0.0455. The third kappa shape index (κ3) is 3.16. The van der Waals surface area contributed by atoms with Crippen molar-refractivity contribution in [2.24, 2.45) is 5.16 Å². The molecule has 1 spiro atoms. The van der Waals surface area contributed by atoms with E-state index in [0.29, 0.717) is 13.1 Å². The standard InChI is InChI=1S/C18H23BrN2O3/c1-17(2,3)24-16(22)21-8-6-18(7-9-21)11-15(20-23)13-10-12(19)4-5-14(13)18/h4-5,10,23H,6-9,11H2,1-3H3/b20-15+. The Labute approximate surface area is 150 Å². The van der Waals surface area contributed by atoms with Crippen LogP contribution in [-0.4, -0.2) is 40.6 Å². The van der Waals surface area contributed by atoms with Crippen LogP contribution >= 0.6 is 15.9 Å².